The van der Waals surface area contributed by atoms with Gasteiger partial charge in [0, 0.05) is 18.7 Å². The number of benzene rings is 1. The second kappa shape index (κ2) is 7.02. The molecule has 7 heteroatoms. The lowest BCUT2D eigenvalue weighted by Crippen LogP contribution is -2.46. The zero-order chi connectivity index (χ0) is 15.3. The first-order valence-corrected chi connectivity index (χ1v) is 8.03. The predicted molar refractivity (Wildman–Crippen MR) is 78.0 cm³/mol. The van der Waals surface area contributed by atoms with Gasteiger partial charge in [-0.1, -0.05) is 17.9 Å². The summed E-state index contributed by atoms with van der Waals surface area (Å²) in [6.07, 6.45) is -0.478. The van der Waals surface area contributed by atoms with Crippen LogP contribution in [0.25, 0.3) is 0 Å². The van der Waals surface area contributed by atoms with Crippen molar-refractivity contribution >= 4 is 10.0 Å². The molecule has 0 radical (unpaired) electrons. The quantitative estimate of drug-likeness (QED) is 0.726. The number of hydrogen-bond donors (Lipinski definition) is 2. The van der Waals surface area contributed by atoms with Gasteiger partial charge in [-0.2, -0.15) is 4.31 Å². The van der Waals surface area contributed by atoms with Gasteiger partial charge in [-0.15, -0.1) is 0 Å². The fourth-order valence-corrected chi connectivity index (χ4v) is 3.56. The Hall–Kier alpha value is -1.43. The van der Waals surface area contributed by atoms with Crippen LogP contribution in [0.2, 0.25) is 0 Å². The van der Waals surface area contributed by atoms with E-state index in [1.165, 1.54) is 16.4 Å². The second-order valence-corrected chi connectivity index (χ2v) is 6.51. The minimum Gasteiger partial charge on any atom is -0.394 e. The van der Waals surface area contributed by atoms with Gasteiger partial charge < -0.3 is 15.6 Å². The number of morpholine rings is 1. The van der Waals surface area contributed by atoms with E-state index in [1.807, 2.05) is 0 Å². The van der Waals surface area contributed by atoms with Crippen molar-refractivity contribution in [3.63, 3.8) is 0 Å². The summed E-state index contributed by atoms with van der Waals surface area (Å²) in [7, 11) is -3.61. The third kappa shape index (κ3) is 3.81. The largest absolute Gasteiger partial charge is 0.394 e. The molecule has 0 aliphatic carbocycles. The molecule has 6 nitrogen and oxygen atoms in total. The molecule has 21 heavy (non-hydrogen) atoms. The van der Waals surface area contributed by atoms with Gasteiger partial charge >= 0.3 is 0 Å². The predicted octanol–water partition coefficient (Wildman–Crippen LogP) is -0.621. The maximum Gasteiger partial charge on any atom is 0.243 e. The first-order valence-electron chi connectivity index (χ1n) is 6.59. The van der Waals surface area contributed by atoms with Gasteiger partial charge in [-0.25, -0.2) is 8.42 Å². The topological polar surface area (TPSA) is 92.9 Å². The number of nitrogens with two attached hydrogens (primary N) is 1. The molecule has 1 aromatic rings. The van der Waals surface area contributed by atoms with Gasteiger partial charge in [0.1, 0.15) is 0 Å². The van der Waals surface area contributed by atoms with Crippen molar-refractivity contribution in [2.24, 2.45) is 5.73 Å². The molecule has 0 saturated carbocycles. The Morgan fingerprint density at radius 1 is 1.48 bits per heavy atom. The summed E-state index contributed by atoms with van der Waals surface area (Å²) >= 11 is 0. The highest BCUT2D eigenvalue weighted by molar-refractivity contribution is 7.89. The average molecular weight is 310 g/mol. The van der Waals surface area contributed by atoms with Crippen LogP contribution in [0.3, 0.4) is 0 Å². The molecule has 1 aliphatic rings. The van der Waals surface area contributed by atoms with Crippen molar-refractivity contribution in [1.82, 2.24) is 4.31 Å². The maximum atomic E-state index is 12.6. The van der Waals surface area contributed by atoms with Crippen LogP contribution in [0, 0.1) is 11.8 Å². The molecule has 114 valence electrons. The first kappa shape index (κ1) is 15.9. The van der Waals surface area contributed by atoms with Crippen molar-refractivity contribution in [2.45, 2.75) is 11.0 Å². The lowest BCUT2D eigenvalue weighted by molar-refractivity contribution is -0.0304. The molecule has 1 fully saturated rings. The number of aliphatic hydroxyl groups is 1. The third-order valence-corrected chi connectivity index (χ3v) is 4.97. The fraction of sp³-hybridized carbons (Fsp3) is 0.429. The van der Waals surface area contributed by atoms with E-state index in [0.717, 1.165) is 0 Å². The Balaban J connectivity index is 2.26. The molecule has 3 N–H and O–H groups in total. The Morgan fingerprint density at radius 3 is 3.00 bits per heavy atom. The van der Waals surface area contributed by atoms with Crippen LogP contribution in [-0.2, 0) is 14.8 Å². The van der Waals surface area contributed by atoms with Gasteiger partial charge in [0.25, 0.3) is 0 Å². The molecular formula is C14H18N2O4S. The van der Waals surface area contributed by atoms with E-state index < -0.39 is 16.1 Å². The van der Waals surface area contributed by atoms with E-state index >= 15 is 0 Å². The standard InChI is InChI=1S/C14H18N2O4S/c15-6-2-4-12-3-1-5-14(9-12)21(18,19)16-7-8-20-13(10-16)11-17/h1,3,5,9,13,17H,6-8,10-11,15H2. The highest BCUT2D eigenvalue weighted by Crippen LogP contribution is 2.19. The SMILES string of the molecule is NCC#Cc1cccc(S(=O)(=O)N2CCOC(CO)C2)c1. The number of ether oxygens (including phenoxy) is 1. The summed E-state index contributed by atoms with van der Waals surface area (Å²) < 4.78 is 31.8. The second-order valence-electron chi connectivity index (χ2n) is 4.57. The van der Waals surface area contributed by atoms with Crippen molar-refractivity contribution in [3.05, 3.63) is 29.8 Å². The molecule has 0 spiro atoms. The van der Waals surface area contributed by atoms with Gasteiger partial charge in [0.2, 0.25) is 10.0 Å². The summed E-state index contributed by atoms with van der Waals surface area (Å²) in [6, 6.07) is 6.45. The van der Waals surface area contributed by atoms with Crippen LogP contribution in [0.1, 0.15) is 5.56 Å². The number of aliphatic hydroxyl groups excluding tert-OH is 1. The average Bonchev–Trinajstić information content (AvgIpc) is 2.53. The van der Waals surface area contributed by atoms with E-state index in [0.29, 0.717) is 5.56 Å². The smallest absolute Gasteiger partial charge is 0.243 e. The molecule has 1 heterocycles. The fourth-order valence-electron chi connectivity index (χ4n) is 2.06. The number of nitrogens with zero attached hydrogens (tertiary/aromatic N) is 1. The molecule has 1 aromatic carbocycles. The van der Waals surface area contributed by atoms with Crippen LogP contribution in [0.4, 0.5) is 0 Å². The Morgan fingerprint density at radius 2 is 2.29 bits per heavy atom. The van der Waals surface area contributed by atoms with Crippen molar-refractivity contribution < 1.29 is 18.3 Å². The van der Waals surface area contributed by atoms with Crippen LogP contribution >= 0.6 is 0 Å². The van der Waals surface area contributed by atoms with Crippen LogP contribution in [-0.4, -0.2) is 56.8 Å². The molecule has 2 rings (SSSR count). The molecule has 1 unspecified atom stereocenters. The molecule has 1 atom stereocenters. The minimum atomic E-state index is -3.61. The lowest BCUT2D eigenvalue weighted by atomic mass is 10.2. The van der Waals surface area contributed by atoms with Crippen LogP contribution in [0.15, 0.2) is 29.2 Å². The van der Waals surface area contributed by atoms with Crippen molar-refractivity contribution in [1.29, 1.82) is 0 Å². The Bertz CT molecular complexity index is 648. The third-order valence-electron chi connectivity index (χ3n) is 3.11. The van der Waals surface area contributed by atoms with Gasteiger partial charge in [-0.05, 0) is 18.2 Å². The maximum absolute atomic E-state index is 12.6. The molecular weight excluding hydrogens is 292 g/mol. The van der Waals surface area contributed by atoms with E-state index in [9.17, 15) is 8.42 Å². The summed E-state index contributed by atoms with van der Waals surface area (Å²) in [4.78, 5) is 0.185. The van der Waals surface area contributed by atoms with Gasteiger partial charge in [0.05, 0.1) is 30.8 Å². The van der Waals surface area contributed by atoms with Crippen LogP contribution in [0.5, 0.6) is 0 Å². The Labute approximate surface area is 124 Å². The monoisotopic (exact) mass is 310 g/mol. The molecule has 0 bridgehead atoms. The molecule has 1 saturated heterocycles. The molecule has 0 aromatic heterocycles. The van der Waals surface area contributed by atoms with E-state index in [-0.39, 0.29) is 37.7 Å². The first-order chi connectivity index (χ1) is 10.1. The molecule has 1 aliphatic heterocycles. The minimum absolute atomic E-state index is 0.150. The van der Waals surface area contributed by atoms with E-state index in [4.69, 9.17) is 15.6 Å². The van der Waals surface area contributed by atoms with Crippen LogP contribution < -0.4 is 5.73 Å². The number of rotatable bonds is 3. The van der Waals surface area contributed by atoms with Gasteiger partial charge in [0.15, 0.2) is 0 Å². The van der Waals surface area contributed by atoms with Gasteiger partial charge in [-0.3, -0.25) is 0 Å². The summed E-state index contributed by atoms with van der Waals surface area (Å²) in [5.74, 6) is 5.51. The molecule has 0 amide bonds. The normalized spacial score (nSPS) is 19.8. The summed E-state index contributed by atoms with van der Waals surface area (Å²) in [5, 5.41) is 9.11. The van der Waals surface area contributed by atoms with Crippen molar-refractivity contribution in [3.8, 4) is 11.8 Å². The lowest BCUT2D eigenvalue weighted by Gasteiger charge is -2.31. The number of hydrogen-bond acceptors (Lipinski definition) is 5. The summed E-state index contributed by atoms with van der Waals surface area (Å²) in [5.41, 5.74) is 5.92. The highest BCUT2D eigenvalue weighted by Gasteiger charge is 2.30. The van der Waals surface area contributed by atoms with E-state index in [2.05, 4.69) is 11.8 Å². The Kier molecular flexibility index (Phi) is 5.33. The summed E-state index contributed by atoms with van der Waals surface area (Å²) in [6.45, 7) is 0.721. The van der Waals surface area contributed by atoms with E-state index in [1.54, 1.807) is 12.1 Å². The number of sulfonamides is 1. The zero-order valence-corrected chi connectivity index (χ0v) is 12.3. The zero-order valence-electron chi connectivity index (χ0n) is 11.5. The highest BCUT2D eigenvalue weighted by atomic mass is 32.2. The van der Waals surface area contributed by atoms with Crippen molar-refractivity contribution in [2.75, 3.05) is 32.8 Å².